The molecule has 1 aromatic rings. The minimum absolute atomic E-state index is 0.142. The van der Waals surface area contributed by atoms with Crippen LogP contribution < -0.4 is 20.5 Å². The topological polar surface area (TPSA) is 78.1 Å². The van der Waals surface area contributed by atoms with Crippen LogP contribution >= 0.6 is 0 Å². The van der Waals surface area contributed by atoms with Crippen molar-refractivity contribution in [2.45, 2.75) is 38.2 Å². The predicted molar refractivity (Wildman–Crippen MR) is 89.1 cm³/mol. The molecule has 1 fully saturated rings. The Balaban J connectivity index is 1.57. The molecule has 0 bridgehead atoms. The molecule has 0 radical (unpaired) electrons. The summed E-state index contributed by atoms with van der Waals surface area (Å²) in [6.07, 6.45) is 2.47. The number of nitrogens with one attached hydrogen (secondary N) is 1. The minimum Gasteiger partial charge on any atom is -0.454 e. The highest BCUT2D eigenvalue weighted by Crippen LogP contribution is 2.36. The van der Waals surface area contributed by atoms with Crippen LogP contribution in [0.1, 0.15) is 32.3 Å². The summed E-state index contributed by atoms with van der Waals surface area (Å²) in [4.78, 5) is 4.48. The molecule has 23 heavy (non-hydrogen) atoms. The SMILES string of the molecule is CC(C)(CN=C(N)NCC1CCCO1)c1ccc2c(c1)OCO2. The number of nitrogens with zero attached hydrogens (tertiary/aromatic N) is 1. The van der Waals surface area contributed by atoms with Gasteiger partial charge in [0.25, 0.3) is 0 Å². The fourth-order valence-electron chi connectivity index (χ4n) is 2.77. The van der Waals surface area contributed by atoms with Crippen LogP contribution in [0.2, 0.25) is 0 Å². The van der Waals surface area contributed by atoms with E-state index in [0.717, 1.165) is 43.1 Å². The maximum atomic E-state index is 5.97. The Bertz CT molecular complexity index is 580. The molecule has 2 aliphatic rings. The summed E-state index contributed by atoms with van der Waals surface area (Å²) in [7, 11) is 0. The molecular formula is C17H25N3O3. The Morgan fingerprint density at radius 2 is 2.17 bits per heavy atom. The number of benzene rings is 1. The fourth-order valence-corrected chi connectivity index (χ4v) is 2.77. The second kappa shape index (κ2) is 6.66. The average molecular weight is 319 g/mol. The van der Waals surface area contributed by atoms with Crippen molar-refractivity contribution >= 4 is 5.96 Å². The zero-order valence-corrected chi connectivity index (χ0v) is 13.8. The quantitative estimate of drug-likeness (QED) is 0.639. The first-order valence-electron chi connectivity index (χ1n) is 8.10. The predicted octanol–water partition coefficient (Wildman–Crippen LogP) is 1.78. The molecule has 0 amide bonds. The summed E-state index contributed by atoms with van der Waals surface area (Å²) >= 11 is 0. The smallest absolute Gasteiger partial charge is 0.231 e. The van der Waals surface area contributed by atoms with E-state index in [9.17, 15) is 0 Å². The first-order valence-corrected chi connectivity index (χ1v) is 8.10. The van der Waals surface area contributed by atoms with E-state index in [2.05, 4.69) is 30.2 Å². The van der Waals surface area contributed by atoms with E-state index in [4.69, 9.17) is 19.9 Å². The third kappa shape index (κ3) is 3.88. The van der Waals surface area contributed by atoms with Crippen LogP contribution in [0, 0.1) is 0 Å². The van der Waals surface area contributed by atoms with Gasteiger partial charge in [0.2, 0.25) is 6.79 Å². The van der Waals surface area contributed by atoms with Crippen molar-refractivity contribution in [3.05, 3.63) is 23.8 Å². The van der Waals surface area contributed by atoms with Gasteiger partial charge in [-0.2, -0.15) is 0 Å². The van der Waals surface area contributed by atoms with E-state index in [1.165, 1.54) is 0 Å². The molecule has 2 aliphatic heterocycles. The Morgan fingerprint density at radius 1 is 1.35 bits per heavy atom. The Morgan fingerprint density at radius 3 is 2.96 bits per heavy atom. The Kier molecular flexibility index (Phi) is 4.61. The molecule has 2 heterocycles. The van der Waals surface area contributed by atoms with Crippen LogP contribution in [0.3, 0.4) is 0 Å². The lowest BCUT2D eigenvalue weighted by atomic mass is 9.84. The number of fused-ring (bicyclic) bond motifs is 1. The molecule has 0 spiro atoms. The first kappa shape index (κ1) is 15.9. The summed E-state index contributed by atoms with van der Waals surface area (Å²) in [6, 6.07) is 6.02. The van der Waals surface area contributed by atoms with Crippen molar-refractivity contribution in [3.8, 4) is 11.5 Å². The van der Waals surface area contributed by atoms with Crippen LogP contribution in [0.5, 0.6) is 11.5 Å². The van der Waals surface area contributed by atoms with Crippen LogP contribution in [0.25, 0.3) is 0 Å². The van der Waals surface area contributed by atoms with E-state index >= 15 is 0 Å². The van der Waals surface area contributed by atoms with E-state index in [1.807, 2.05) is 12.1 Å². The van der Waals surface area contributed by atoms with Gasteiger partial charge in [0.05, 0.1) is 12.6 Å². The molecule has 1 saturated heterocycles. The largest absolute Gasteiger partial charge is 0.454 e. The van der Waals surface area contributed by atoms with Crippen LogP contribution in [-0.2, 0) is 10.2 Å². The van der Waals surface area contributed by atoms with E-state index in [0.29, 0.717) is 12.5 Å². The third-order valence-electron chi connectivity index (χ3n) is 4.33. The van der Waals surface area contributed by atoms with Gasteiger partial charge in [-0.3, -0.25) is 4.99 Å². The van der Waals surface area contributed by atoms with Crippen molar-refractivity contribution in [3.63, 3.8) is 0 Å². The molecule has 1 atom stereocenters. The van der Waals surface area contributed by atoms with Gasteiger partial charge in [-0.1, -0.05) is 19.9 Å². The standard InChI is InChI=1S/C17H25N3O3/c1-17(2,12-5-6-14-15(8-12)23-11-22-14)10-20-16(18)19-9-13-4-3-7-21-13/h5-6,8,13H,3-4,7,9-11H2,1-2H3,(H3,18,19,20). The van der Waals surface area contributed by atoms with Crippen molar-refractivity contribution in [2.75, 3.05) is 26.5 Å². The maximum absolute atomic E-state index is 5.97. The molecular weight excluding hydrogens is 294 g/mol. The van der Waals surface area contributed by atoms with Gasteiger partial charge in [-0.05, 0) is 30.5 Å². The second-order valence-corrected chi connectivity index (χ2v) is 6.67. The number of hydrogen-bond acceptors (Lipinski definition) is 4. The molecule has 6 nitrogen and oxygen atoms in total. The van der Waals surface area contributed by atoms with Gasteiger partial charge in [0.1, 0.15) is 0 Å². The molecule has 3 rings (SSSR count). The van der Waals surface area contributed by atoms with Gasteiger partial charge in [0, 0.05) is 18.6 Å². The van der Waals surface area contributed by atoms with Gasteiger partial charge in [-0.25, -0.2) is 0 Å². The van der Waals surface area contributed by atoms with Crippen LogP contribution in [-0.4, -0.2) is 38.6 Å². The molecule has 1 aromatic carbocycles. The van der Waals surface area contributed by atoms with E-state index < -0.39 is 0 Å². The number of rotatable bonds is 5. The van der Waals surface area contributed by atoms with Gasteiger partial charge < -0.3 is 25.3 Å². The highest BCUT2D eigenvalue weighted by atomic mass is 16.7. The highest BCUT2D eigenvalue weighted by molar-refractivity contribution is 5.77. The van der Waals surface area contributed by atoms with Gasteiger partial charge >= 0.3 is 0 Å². The lowest BCUT2D eigenvalue weighted by Gasteiger charge is -2.23. The highest BCUT2D eigenvalue weighted by Gasteiger charge is 2.24. The number of ether oxygens (including phenoxy) is 3. The van der Waals surface area contributed by atoms with Crippen molar-refractivity contribution < 1.29 is 14.2 Å². The average Bonchev–Trinajstić information content (AvgIpc) is 3.21. The fraction of sp³-hybridized carbons (Fsp3) is 0.588. The molecule has 126 valence electrons. The molecule has 6 heteroatoms. The number of guanidine groups is 1. The molecule has 0 aromatic heterocycles. The van der Waals surface area contributed by atoms with Crippen molar-refractivity contribution in [2.24, 2.45) is 10.7 Å². The summed E-state index contributed by atoms with van der Waals surface area (Å²) in [5, 5.41) is 3.15. The molecule has 0 aliphatic carbocycles. The summed E-state index contributed by atoms with van der Waals surface area (Å²) < 4.78 is 16.4. The maximum Gasteiger partial charge on any atom is 0.231 e. The molecule has 0 saturated carbocycles. The number of aliphatic imine (C=N–C) groups is 1. The van der Waals surface area contributed by atoms with Gasteiger partial charge in [-0.15, -0.1) is 0 Å². The first-order chi connectivity index (χ1) is 11.0. The van der Waals surface area contributed by atoms with E-state index in [1.54, 1.807) is 0 Å². The molecule has 1 unspecified atom stereocenters. The van der Waals surface area contributed by atoms with Crippen molar-refractivity contribution in [1.29, 1.82) is 0 Å². The third-order valence-corrected chi connectivity index (χ3v) is 4.33. The number of nitrogens with two attached hydrogens (primary N) is 1. The number of hydrogen-bond donors (Lipinski definition) is 2. The Hall–Kier alpha value is -1.95. The summed E-state index contributed by atoms with van der Waals surface area (Å²) in [5.41, 5.74) is 6.97. The van der Waals surface area contributed by atoms with Crippen LogP contribution in [0.4, 0.5) is 0 Å². The zero-order chi connectivity index (χ0) is 16.3. The molecule has 3 N–H and O–H groups in total. The monoisotopic (exact) mass is 319 g/mol. The normalized spacial score (nSPS) is 20.8. The summed E-state index contributed by atoms with van der Waals surface area (Å²) in [6.45, 7) is 6.73. The second-order valence-electron chi connectivity index (χ2n) is 6.67. The van der Waals surface area contributed by atoms with Crippen LogP contribution in [0.15, 0.2) is 23.2 Å². The Labute approximate surface area is 137 Å². The lowest BCUT2D eigenvalue weighted by molar-refractivity contribution is 0.114. The summed E-state index contributed by atoms with van der Waals surface area (Å²) in [5.74, 6) is 2.06. The van der Waals surface area contributed by atoms with Gasteiger partial charge in [0.15, 0.2) is 17.5 Å². The lowest BCUT2D eigenvalue weighted by Crippen LogP contribution is -2.38. The van der Waals surface area contributed by atoms with Crippen molar-refractivity contribution in [1.82, 2.24) is 5.32 Å². The minimum atomic E-state index is -0.142. The van der Waals surface area contributed by atoms with E-state index in [-0.39, 0.29) is 18.3 Å². The zero-order valence-electron chi connectivity index (χ0n) is 13.8.